The first-order valence-electron chi connectivity index (χ1n) is 9.29. The third-order valence-electron chi connectivity index (χ3n) is 4.85. The van der Waals surface area contributed by atoms with Crippen LogP contribution in [0, 0.1) is 0 Å². The molecule has 26 heavy (non-hydrogen) atoms. The summed E-state index contributed by atoms with van der Waals surface area (Å²) < 4.78 is 0. The Morgan fingerprint density at radius 1 is 1.00 bits per heavy atom. The second-order valence-corrected chi connectivity index (χ2v) is 6.73. The molecule has 1 heterocycles. The third-order valence-corrected chi connectivity index (χ3v) is 4.85. The topological polar surface area (TPSA) is 47.6 Å². The molecule has 0 radical (unpaired) electrons. The summed E-state index contributed by atoms with van der Waals surface area (Å²) in [5, 5.41) is 5.88. The van der Waals surface area contributed by atoms with E-state index in [4.69, 9.17) is 0 Å². The van der Waals surface area contributed by atoms with Crippen LogP contribution >= 0.6 is 0 Å². The van der Waals surface area contributed by atoms with E-state index in [1.807, 2.05) is 25.2 Å². The average Bonchev–Trinajstić information content (AvgIpc) is 2.68. The van der Waals surface area contributed by atoms with Crippen molar-refractivity contribution in [2.24, 2.45) is 0 Å². The Kier molecular flexibility index (Phi) is 6.50. The smallest absolute Gasteiger partial charge is 0.314 e. The van der Waals surface area contributed by atoms with Gasteiger partial charge in [0.2, 0.25) is 0 Å². The van der Waals surface area contributed by atoms with E-state index < -0.39 is 0 Å². The highest BCUT2D eigenvalue weighted by Crippen LogP contribution is 2.17. The molecular weight excluding hydrogens is 324 g/mol. The Bertz CT molecular complexity index is 704. The number of hydrogen-bond donors (Lipinski definition) is 2. The van der Waals surface area contributed by atoms with Crippen LogP contribution in [0.3, 0.4) is 0 Å². The van der Waals surface area contributed by atoms with Crippen molar-refractivity contribution in [2.45, 2.75) is 13.0 Å². The molecule has 0 fully saturated rings. The molecule has 2 amide bonds. The highest BCUT2D eigenvalue weighted by molar-refractivity contribution is 5.73. The number of carbonyl (C=O) groups is 1. The summed E-state index contributed by atoms with van der Waals surface area (Å²) in [6.45, 7) is 4.98. The molecule has 0 bridgehead atoms. The van der Waals surface area contributed by atoms with Gasteiger partial charge in [-0.05, 0) is 29.7 Å². The van der Waals surface area contributed by atoms with Crippen LogP contribution in [-0.2, 0) is 13.0 Å². The number of anilines is 1. The molecule has 5 nitrogen and oxygen atoms in total. The maximum absolute atomic E-state index is 11.9. The lowest BCUT2D eigenvalue weighted by atomic mass is 10.00. The highest BCUT2D eigenvalue weighted by atomic mass is 16.2. The number of nitrogens with zero attached hydrogens (tertiary/aromatic N) is 2. The summed E-state index contributed by atoms with van der Waals surface area (Å²) in [7, 11) is 2.03. The van der Waals surface area contributed by atoms with Crippen LogP contribution in [0.15, 0.2) is 54.6 Å². The van der Waals surface area contributed by atoms with Gasteiger partial charge in [0.25, 0.3) is 0 Å². The SMILES string of the molecule is CN(CCNC(=O)NCCN1CCc2ccccc2C1)c1ccccc1. The van der Waals surface area contributed by atoms with Gasteiger partial charge in [-0.3, -0.25) is 4.90 Å². The quantitative estimate of drug-likeness (QED) is 0.805. The monoisotopic (exact) mass is 352 g/mol. The van der Waals surface area contributed by atoms with Gasteiger partial charge in [-0.25, -0.2) is 4.79 Å². The molecule has 0 aliphatic carbocycles. The number of amides is 2. The van der Waals surface area contributed by atoms with E-state index in [-0.39, 0.29) is 6.03 Å². The predicted octanol–water partition coefficient (Wildman–Crippen LogP) is 2.48. The zero-order chi connectivity index (χ0) is 18.2. The van der Waals surface area contributed by atoms with E-state index in [9.17, 15) is 4.79 Å². The van der Waals surface area contributed by atoms with Crippen LogP contribution in [0.1, 0.15) is 11.1 Å². The lowest BCUT2D eigenvalue weighted by molar-refractivity contribution is 0.231. The first kappa shape index (κ1) is 18.3. The van der Waals surface area contributed by atoms with Crippen LogP contribution in [0.4, 0.5) is 10.5 Å². The molecule has 3 rings (SSSR count). The molecule has 2 aromatic rings. The number of rotatable bonds is 7. The average molecular weight is 352 g/mol. The molecule has 138 valence electrons. The summed E-state index contributed by atoms with van der Waals surface area (Å²) in [6.07, 6.45) is 1.09. The largest absolute Gasteiger partial charge is 0.373 e. The summed E-state index contributed by atoms with van der Waals surface area (Å²) in [6, 6.07) is 18.7. The van der Waals surface area contributed by atoms with Crippen LogP contribution < -0.4 is 15.5 Å². The van der Waals surface area contributed by atoms with Crippen molar-refractivity contribution >= 4 is 11.7 Å². The van der Waals surface area contributed by atoms with Crippen molar-refractivity contribution in [3.63, 3.8) is 0 Å². The summed E-state index contributed by atoms with van der Waals surface area (Å²) in [4.78, 5) is 16.5. The number of nitrogens with one attached hydrogen (secondary N) is 2. The molecule has 0 saturated carbocycles. The van der Waals surface area contributed by atoms with Crippen LogP contribution in [0.2, 0.25) is 0 Å². The highest BCUT2D eigenvalue weighted by Gasteiger charge is 2.15. The van der Waals surface area contributed by atoms with Crippen LogP contribution in [0.25, 0.3) is 0 Å². The number of fused-ring (bicyclic) bond motifs is 1. The van der Waals surface area contributed by atoms with Gasteiger partial charge >= 0.3 is 6.03 Å². The van der Waals surface area contributed by atoms with Gasteiger partial charge in [0.15, 0.2) is 0 Å². The van der Waals surface area contributed by atoms with Crippen molar-refractivity contribution in [3.05, 3.63) is 65.7 Å². The van der Waals surface area contributed by atoms with Crippen molar-refractivity contribution in [1.82, 2.24) is 15.5 Å². The zero-order valence-corrected chi connectivity index (χ0v) is 15.4. The maximum atomic E-state index is 11.9. The van der Waals surface area contributed by atoms with Gasteiger partial charge < -0.3 is 15.5 Å². The molecule has 0 unspecified atom stereocenters. The summed E-state index contributed by atoms with van der Waals surface area (Å²) >= 11 is 0. The van der Waals surface area contributed by atoms with Gasteiger partial charge in [0.1, 0.15) is 0 Å². The van der Waals surface area contributed by atoms with Gasteiger partial charge in [-0.1, -0.05) is 42.5 Å². The Hall–Kier alpha value is -2.53. The van der Waals surface area contributed by atoms with Crippen molar-refractivity contribution in [3.8, 4) is 0 Å². The minimum Gasteiger partial charge on any atom is -0.373 e. The Morgan fingerprint density at radius 3 is 2.50 bits per heavy atom. The zero-order valence-electron chi connectivity index (χ0n) is 15.4. The molecule has 2 aromatic carbocycles. The lowest BCUT2D eigenvalue weighted by Crippen LogP contribution is -2.43. The van der Waals surface area contributed by atoms with Crippen molar-refractivity contribution < 1.29 is 4.79 Å². The van der Waals surface area contributed by atoms with Crippen molar-refractivity contribution in [2.75, 3.05) is 44.7 Å². The molecule has 0 atom stereocenters. The Balaban J connectivity index is 1.30. The number of likely N-dealkylation sites (N-methyl/N-ethyl adjacent to an activating group) is 1. The van der Waals surface area contributed by atoms with Gasteiger partial charge in [-0.15, -0.1) is 0 Å². The Morgan fingerprint density at radius 2 is 1.69 bits per heavy atom. The van der Waals surface area contributed by atoms with E-state index >= 15 is 0 Å². The second kappa shape index (κ2) is 9.25. The normalized spacial score (nSPS) is 13.7. The number of benzene rings is 2. The molecule has 2 N–H and O–H groups in total. The van der Waals surface area contributed by atoms with Crippen LogP contribution in [0.5, 0.6) is 0 Å². The molecule has 1 aliphatic rings. The second-order valence-electron chi connectivity index (χ2n) is 6.73. The maximum Gasteiger partial charge on any atom is 0.314 e. The van der Waals surface area contributed by atoms with E-state index in [2.05, 4.69) is 56.8 Å². The first-order chi connectivity index (χ1) is 12.7. The van der Waals surface area contributed by atoms with Crippen LogP contribution in [-0.4, -0.2) is 50.7 Å². The standard InChI is InChI=1S/C21H28N4O/c1-24(20-9-3-2-4-10-20)15-12-22-21(26)23-13-16-25-14-11-18-7-5-6-8-19(18)17-25/h2-10H,11-17H2,1H3,(H2,22,23,26). The molecule has 0 aromatic heterocycles. The summed E-state index contributed by atoms with van der Waals surface area (Å²) in [5.74, 6) is 0. The third kappa shape index (κ3) is 5.23. The van der Waals surface area contributed by atoms with Gasteiger partial charge in [0.05, 0.1) is 0 Å². The minimum absolute atomic E-state index is 0.0936. The molecule has 0 saturated heterocycles. The van der Waals surface area contributed by atoms with E-state index in [1.54, 1.807) is 0 Å². The fraction of sp³-hybridized carbons (Fsp3) is 0.381. The molecular formula is C21H28N4O. The minimum atomic E-state index is -0.0936. The first-order valence-corrected chi connectivity index (χ1v) is 9.29. The fourth-order valence-electron chi connectivity index (χ4n) is 3.28. The molecule has 1 aliphatic heterocycles. The van der Waals surface area contributed by atoms with Gasteiger partial charge in [0, 0.05) is 52.0 Å². The number of urea groups is 1. The molecule has 5 heteroatoms. The van der Waals surface area contributed by atoms with E-state index in [1.165, 1.54) is 11.1 Å². The van der Waals surface area contributed by atoms with E-state index in [0.29, 0.717) is 13.1 Å². The molecule has 0 spiro atoms. The van der Waals surface area contributed by atoms with E-state index in [0.717, 1.165) is 38.3 Å². The Labute approximate surface area is 156 Å². The number of carbonyl (C=O) groups excluding carboxylic acids is 1. The lowest BCUT2D eigenvalue weighted by Gasteiger charge is -2.28. The summed E-state index contributed by atoms with van der Waals surface area (Å²) in [5.41, 5.74) is 4.02. The number of hydrogen-bond acceptors (Lipinski definition) is 3. The van der Waals surface area contributed by atoms with Crippen molar-refractivity contribution in [1.29, 1.82) is 0 Å². The number of para-hydroxylation sites is 1. The van der Waals surface area contributed by atoms with Gasteiger partial charge in [-0.2, -0.15) is 0 Å². The fourth-order valence-corrected chi connectivity index (χ4v) is 3.28. The predicted molar refractivity (Wildman–Crippen MR) is 107 cm³/mol.